The summed E-state index contributed by atoms with van der Waals surface area (Å²) in [5.41, 5.74) is 1.55. The van der Waals surface area contributed by atoms with Crippen molar-refractivity contribution in [2.75, 3.05) is 7.05 Å². The van der Waals surface area contributed by atoms with E-state index in [9.17, 15) is 20.1 Å². The number of rotatable bonds is 7. The SMILES string of the molecule is CC[C@@H]1[C@H](O)[C@H](NC)C2O[C@]3(O)C(OC2[C@@H]1O)O[C@H](C)C[C@H]3NC(=O)Cc1cn(Cc2ccccc2)nn1. The highest BCUT2D eigenvalue weighted by atomic mass is 16.8. The standard InChI is InChI=1S/C26H37N5O7/c1-4-17-21(33)20(27-3)23-24(22(17)34)37-25-26(35,38-23)18(10-14(2)36-25)28-19(32)11-16-13-31(30-29-16)12-15-8-6-5-7-9-15/h5-9,13-14,17-18,20-25,27,33-35H,4,10-12H2,1-3H3,(H,28,32)/t14-,17-,18-,20+,21+,22-,23?,24?,25?,26+/m1/s1. The molecule has 0 spiro atoms. The molecule has 12 heteroatoms. The molecule has 10 atom stereocenters. The van der Waals surface area contributed by atoms with Gasteiger partial charge in [-0.05, 0) is 32.4 Å². The van der Waals surface area contributed by atoms with Crippen molar-refractivity contribution in [2.45, 2.75) is 94.3 Å². The maximum absolute atomic E-state index is 13.0. The van der Waals surface area contributed by atoms with E-state index in [-0.39, 0.29) is 24.9 Å². The zero-order chi connectivity index (χ0) is 27.0. The molecular weight excluding hydrogens is 494 g/mol. The Balaban J connectivity index is 1.29. The van der Waals surface area contributed by atoms with Crippen LogP contribution >= 0.6 is 0 Å². The number of likely N-dealkylation sites (N-methyl/N-ethyl adjacent to an activating group) is 1. The Morgan fingerprint density at radius 1 is 1.18 bits per heavy atom. The molecule has 208 valence electrons. The molecule has 1 aliphatic carbocycles. The normalized spacial score (nSPS) is 38.7. The van der Waals surface area contributed by atoms with Crippen LogP contribution in [0, 0.1) is 5.92 Å². The molecule has 1 aromatic heterocycles. The largest absolute Gasteiger partial charge is 0.391 e. The quantitative estimate of drug-likeness (QED) is 0.309. The average Bonchev–Trinajstić information content (AvgIpc) is 3.31. The molecule has 5 N–H and O–H groups in total. The van der Waals surface area contributed by atoms with E-state index in [4.69, 9.17) is 14.2 Å². The van der Waals surface area contributed by atoms with E-state index in [2.05, 4.69) is 20.9 Å². The summed E-state index contributed by atoms with van der Waals surface area (Å²) in [5, 5.41) is 47.6. The topological polar surface area (TPSA) is 160 Å². The Labute approximate surface area is 221 Å². The number of aliphatic hydroxyl groups excluding tert-OH is 2. The van der Waals surface area contributed by atoms with Gasteiger partial charge in [0.25, 0.3) is 0 Å². The molecule has 3 unspecified atom stereocenters. The van der Waals surface area contributed by atoms with Gasteiger partial charge in [-0.1, -0.05) is 42.5 Å². The van der Waals surface area contributed by atoms with Crippen LogP contribution in [-0.2, 0) is 32.0 Å². The van der Waals surface area contributed by atoms with E-state index < -0.39 is 54.5 Å². The molecule has 1 saturated carbocycles. The number of nitrogens with zero attached hydrogens (tertiary/aromatic N) is 3. The number of fused-ring (bicyclic) bond motifs is 2. The van der Waals surface area contributed by atoms with Crippen LogP contribution in [-0.4, -0.2) is 97.9 Å². The van der Waals surface area contributed by atoms with Crippen molar-refractivity contribution < 1.29 is 34.3 Å². The summed E-state index contributed by atoms with van der Waals surface area (Å²) in [4.78, 5) is 13.0. The Morgan fingerprint density at radius 3 is 2.66 bits per heavy atom. The molecular formula is C26H37N5O7. The third-order valence-corrected chi connectivity index (χ3v) is 7.88. The van der Waals surface area contributed by atoms with Gasteiger partial charge in [0.15, 0.2) is 0 Å². The van der Waals surface area contributed by atoms with Gasteiger partial charge in [-0.2, -0.15) is 0 Å². The Bertz CT molecular complexity index is 1100. The van der Waals surface area contributed by atoms with Gasteiger partial charge in [0, 0.05) is 12.1 Å². The number of benzene rings is 1. The van der Waals surface area contributed by atoms with Crippen molar-refractivity contribution in [1.29, 1.82) is 0 Å². The summed E-state index contributed by atoms with van der Waals surface area (Å²) < 4.78 is 19.8. The third kappa shape index (κ3) is 5.09. The second kappa shape index (κ2) is 11.0. The van der Waals surface area contributed by atoms with E-state index in [1.54, 1.807) is 17.9 Å². The zero-order valence-electron chi connectivity index (χ0n) is 21.8. The molecule has 38 heavy (non-hydrogen) atoms. The molecule has 3 fully saturated rings. The van der Waals surface area contributed by atoms with Gasteiger partial charge in [0.1, 0.15) is 12.2 Å². The molecule has 0 bridgehead atoms. The molecule has 0 radical (unpaired) electrons. The Morgan fingerprint density at radius 2 is 1.95 bits per heavy atom. The van der Waals surface area contributed by atoms with Crippen LogP contribution in [0.4, 0.5) is 0 Å². The van der Waals surface area contributed by atoms with Crippen LogP contribution in [0.2, 0.25) is 0 Å². The van der Waals surface area contributed by atoms with Gasteiger partial charge >= 0.3 is 0 Å². The minimum atomic E-state index is -2.03. The summed E-state index contributed by atoms with van der Waals surface area (Å²) >= 11 is 0. The third-order valence-electron chi connectivity index (χ3n) is 7.88. The first-order chi connectivity index (χ1) is 18.2. The van der Waals surface area contributed by atoms with E-state index >= 15 is 0 Å². The first-order valence-corrected chi connectivity index (χ1v) is 13.2. The van der Waals surface area contributed by atoms with Crippen LogP contribution < -0.4 is 10.6 Å². The summed E-state index contributed by atoms with van der Waals surface area (Å²) in [5.74, 6) is -2.83. The summed E-state index contributed by atoms with van der Waals surface area (Å²) in [6, 6.07) is 8.34. The van der Waals surface area contributed by atoms with E-state index in [0.29, 0.717) is 18.7 Å². The number of nitrogens with one attached hydrogen (secondary N) is 2. The van der Waals surface area contributed by atoms with Crippen molar-refractivity contribution in [2.24, 2.45) is 5.92 Å². The Kier molecular flexibility index (Phi) is 7.83. The van der Waals surface area contributed by atoms with Gasteiger partial charge in [-0.3, -0.25) is 4.79 Å². The van der Waals surface area contributed by atoms with Crippen LogP contribution in [0.25, 0.3) is 0 Å². The van der Waals surface area contributed by atoms with Crippen LogP contribution in [0.3, 0.4) is 0 Å². The molecule has 12 nitrogen and oxygen atoms in total. The van der Waals surface area contributed by atoms with Crippen molar-refractivity contribution in [3.63, 3.8) is 0 Å². The predicted octanol–water partition coefficient (Wildman–Crippen LogP) is -0.689. The lowest BCUT2D eigenvalue weighted by molar-refractivity contribution is -0.450. The monoisotopic (exact) mass is 531 g/mol. The highest BCUT2D eigenvalue weighted by Gasteiger charge is 2.63. The predicted molar refractivity (Wildman–Crippen MR) is 133 cm³/mol. The highest BCUT2D eigenvalue weighted by Crippen LogP contribution is 2.43. The second-order valence-electron chi connectivity index (χ2n) is 10.5. The van der Waals surface area contributed by atoms with Gasteiger partial charge in [-0.25, -0.2) is 4.68 Å². The number of hydrogen-bond acceptors (Lipinski definition) is 10. The van der Waals surface area contributed by atoms with Crippen LogP contribution in [0.15, 0.2) is 36.5 Å². The van der Waals surface area contributed by atoms with E-state index in [1.165, 1.54) is 0 Å². The maximum Gasteiger partial charge on any atom is 0.239 e. The highest BCUT2D eigenvalue weighted by molar-refractivity contribution is 5.78. The fourth-order valence-electron chi connectivity index (χ4n) is 5.92. The van der Waals surface area contributed by atoms with Gasteiger partial charge in [0.2, 0.25) is 18.0 Å². The first-order valence-electron chi connectivity index (χ1n) is 13.2. The minimum absolute atomic E-state index is 0.0388. The number of ether oxygens (including phenoxy) is 3. The number of carbonyl (C=O) groups excluding carboxylic acids is 1. The average molecular weight is 532 g/mol. The number of aromatic nitrogens is 3. The van der Waals surface area contributed by atoms with Crippen molar-refractivity contribution >= 4 is 5.91 Å². The van der Waals surface area contributed by atoms with Gasteiger partial charge in [-0.15, -0.1) is 5.10 Å². The zero-order valence-corrected chi connectivity index (χ0v) is 21.8. The fraction of sp³-hybridized carbons (Fsp3) is 0.654. The van der Waals surface area contributed by atoms with Crippen molar-refractivity contribution in [3.05, 3.63) is 47.8 Å². The maximum atomic E-state index is 13.0. The molecule has 2 aromatic rings. The molecule has 5 rings (SSSR count). The number of carbonyl (C=O) groups is 1. The first kappa shape index (κ1) is 27.1. The molecule has 3 heterocycles. The second-order valence-corrected chi connectivity index (χ2v) is 10.5. The van der Waals surface area contributed by atoms with E-state index in [1.807, 2.05) is 44.2 Å². The smallest absolute Gasteiger partial charge is 0.239 e. The van der Waals surface area contributed by atoms with Crippen molar-refractivity contribution in [1.82, 2.24) is 25.6 Å². The fourth-order valence-corrected chi connectivity index (χ4v) is 5.92. The van der Waals surface area contributed by atoms with Crippen LogP contribution in [0.5, 0.6) is 0 Å². The molecule has 2 aliphatic heterocycles. The lowest BCUT2D eigenvalue weighted by Gasteiger charge is -2.58. The number of hydrogen-bond donors (Lipinski definition) is 5. The van der Waals surface area contributed by atoms with Gasteiger partial charge < -0.3 is 40.2 Å². The molecule has 2 saturated heterocycles. The molecule has 1 aromatic carbocycles. The molecule has 3 aliphatic rings. The Hall–Kier alpha value is -2.45. The molecule has 1 amide bonds. The van der Waals surface area contributed by atoms with Gasteiger partial charge in [0.05, 0.1) is 49.1 Å². The summed E-state index contributed by atoms with van der Waals surface area (Å²) in [6.07, 6.45) is -2.73. The number of amides is 1. The summed E-state index contributed by atoms with van der Waals surface area (Å²) in [7, 11) is 1.68. The lowest BCUT2D eigenvalue weighted by Crippen LogP contribution is -2.77. The lowest BCUT2D eigenvalue weighted by atomic mass is 9.74. The summed E-state index contributed by atoms with van der Waals surface area (Å²) in [6.45, 7) is 4.23. The number of aliphatic hydroxyl groups is 3. The van der Waals surface area contributed by atoms with E-state index in [0.717, 1.165) is 5.56 Å². The van der Waals surface area contributed by atoms with Crippen LogP contribution in [0.1, 0.15) is 37.9 Å². The minimum Gasteiger partial charge on any atom is -0.391 e. The van der Waals surface area contributed by atoms with Crippen molar-refractivity contribution in [3.8, 4) is 0 Å².